The van der Waals surface area contributed by atoms with E-state index in [4.69, 9.17) is 0 Å². The molecule has 1 aliphatic rings. The third-order valence-electron chi connectivity index (χ3n) is 5.24. The topological polar surface area (TPSA) is 179 Å². The molecule has 3 aromatic rings. The van der Waals surface area contributed by atoms with Gasteiger partial charge in [-0.1, -0.05) is 0 Å². The molecule has 0 unspecified atom stereocenters. The second kappa shape index (κ2) is 11.1. The van der Waals surface area contributed by atoms with Crippen molar-refractivity contribution in [3.8, 4) is 5.69 Å². The average molecular weight is 494 g/mol. The van der Waals surface area contributed by atoms with Gasteiger partial charge >= 0.3 is 11.1 Å². The first-order valence-corrected chi connectivity index (χ1v) is 9.22. The maximum Gasteiger partial charge on any atom is 0.316 e. The molecule has 1 aromatic carbocycles. The highest BCUT2D eigenvalue weighted by Gasteiger charge is 2.39. The Labute approximate surface area is 197 Å². The van der Waals surface area contributed by atoms with E-state index in [0.29, 0.717) is 5.52 Å². The summed E-state index contributed by atoms with van der Waals surface area (Å²) in [5, 5.41) is 3.63. The molecule has 1 aliphatic heterocycles. The van der Waals surface area contributed by atoms with Crippen LogP contribution >= 0.6 is 24.8 Å². The first kappa shape index (κ1) is 32.0. The molecule has 0 bridgehead atoms. The molecule has 12 heteroatoms. The molecule has 0 saturated carbocycles. The molecule has 8 N–H and O–H groups in total. The number of hydrogen-bond donors (Lipinski definition) is 2. The molecule has 1 saturated heterocycles. The number of hydrogen-bond acceptors (Lipinski definition) is 4. The van der Waals surface area contributed by atoms with E-state index in [1.165, 1.54) is 0 Å². The van der Waals surface area contributed by atoms with Crippen molar-refractivity contribution < 1.29 is 16.4 Å². The van der Waals surface area contributed by atoms with Gasteiger partial charge in [-0.15, -0.1) is 24.8 Å². The summed E-state index contributed by atoms with van der Waals surface area (Å²) in [7, 11) is 0. The van der Waals surface area contributed by atoms with Gasteiger partial charge in [0.1, 0.15) is 0 Å². The van der Waals surface area contributed by atoms with Crippen LogP contribution < -0.4 is 16.4 Å². The normalized spacial score (nSPS) is 16.4. The summed E-state index contributed by atoms with van der Waals surface area (Å²) in [5.41, 5.74) is 0.955. The van der Waals surface area contributed by atoms with Gasteiger partial charge in [-0.2, -0.15) is 0 Å². The zero-order valence-corrected chi connectivity index (χ0v) is 20.1. The first-order valence-electron chi connectivity index (χ1n) is 9.22. The van der Waals surface area contributed by atoms with Gasteiger partial charge in [0.2, 0.25) is 0 Å². The number of aromatic amines is 1. The fraction of sp³-hybridized carbons (Fsp3) is 0.450. The van der Waals surface area contributed by atoms with Crippen molar-refractivity contribution in [2.45, 2.75) is 57.7 Å². The van der Waals surface area contributed by atoms with Crippen LogP contribution in [-0.4, -0.2) is 46.6 Å². The Morgan fingerprint density at radius 2 is 1.59 bits per heavy atom. The molecule has 10 nitrogen and oxygen atoms in total. The monoisotopic (exact) mass is 493 g/mol. The van der Waals surface area contributed by atoms with Gasteiger partial charge in [0, 0.05) is 35.2 Å². The van der Waals surface area contributed by atoms with Crippen LogP contribution in [0.4, 0.5) is 0 Å². The first-order chi connectivity index (χ1) is 12.7. The van der Waals surface area contributed by atoms with E-state index in [1.54, 1.807) is 17.1 Å². The quantitative estimate of drug-likeness (QED) is 0.499. The number of aromatic nitrogens is 4. The minimum absolute atomic E-state index is 0. The molecule has 0 aliphatic carbocycles. The fourth-order valence-electron chi connectivity index (χ4n) is 4.61. The van der Waals surface area contributed by atoms with Crippen LogP contribution in [0.1, 0.15) is 46.6 Å². The maximum absolute atomic E-state index is 12.9. The number of nitrogens with zero attached hydrogens (tertiary/aromatic N) is 3. The van der Waals surface area contributed by atoms with Crippen molar-refractivity contribution in [1.29, 1.82) is 0 Å². The van der Waals surface area contributed by atoms with Gasteiger partial charge in [-0.05, 0) is 58.7 Å². The van der Waals surface area contributed by atoms with Gasteiger partial charge in [-0.3, -0.25) is 14.2 Å². The minimum atomic E-state index is -0.577. The molecule has 182 valence electrons. The lowest BCUT2D eigenvalue weighted by Gasteiger charge is -2.47. The smallest absolute Gasteiger partial charge is 0.316 e. The molecule has 0 amide bonds. The molecule has 0 atom stereocenters. The van der Waals surface area contributed by atoms with Crippen LogP contribution in [0.3, 0.4) is 0 Å². The lowest BCUT2D eigenvalue weighted by atomic mass is 9.79. The van der Waals surface area contributed by atoms with Crippen molar-refractivity contribution in [3.63, 3.8) is 0 Å². The highest BCUT2D eigenvalue weighted by atomic mass is 35.5. The van der Waals surface area contributed by atoms with Crippen molar-refractivity contribution in [2.24, 2.45) is 0 Å². The predicted octanol–water partition coefficient (Wildman–Crippen LogP) is 0.727. The van der Waals surface area contributed by atoms with E-state index in [0.717, 1.165) is 24.0 Å². The van der Waals surface area contributed by atoms with E-state index < -0.39 is 11.1 Å². The number of benzene rings is 1. The average Bonchev–Trinajstić information content (AvgIpc) is 3.07. The second-order valence-electron chi connectivity index (χ2n) is 8.76. The van der Waals surface area contributed by atoms with E-state index >= 15 is 0 Å². The number of nitrogens with one attached hydrogen (secondary N) is 2. The molecule has 0 radical (unpaired) electrons. The third-order valence-corrected chi connectivity index (χ3v) is 5.24. The van der Waals surface area contributed by atoms with E-state index in [9.17, 15) is 9.59 Å². The Hall–Kier alpha value is -2.21. The summed E-state index contributed by atoms with van der Waals surface area (Å²) < 4.78 is 3.58. The van der Waals surface area contributed by atoms with Crippen molar-refractivity contribution in [1.82, 2.24) is 24.4 Å². The van der Waals surface area contributed by atoms with Gasteiger partial charge in [-0.25, -0.2) is 4.98 Å². The Balaban J connectivity index is 0. The SMILES string of the molecule is CC1(C)CC(n2c(=O)c(=O)[nH]c3ccc(-n4ccnc4)cc32)CC(C)(C)N1.Cl.Cl.O.O.O. The predicted molar refractivity (Wildman–Crippen MR) is 131 cm³/mol. The second-order valence-corrected chi connectivity index (χ2v) is 8.76. The van der Waals surface area contributed by atoms with Crippen molar-refractivity contribution >= 4 is 35.8 Å². The number of piperidine rings is 1. The number of halogens is 2. The molecule has 0 spiro atoms. The zero-order chi connectivity index (χ0) is 19.4. The molecular formula is C20H33Cl2N5O5. The molecule has 3 heterocycles. The lowest BCUT2D eigenvalue weighted by Crippen LogP contribution is -2.59. The van der Waals surface area contributed by atoms with Crippen LogP contribution in [-0.2, 0) is 0 Å². The van der Waals surface area contributed by atoms with Crippen LogP contribution in [0.2, 0.25) is 0 Å². The van der Waals surface area contributed by atoms with Crippen LogP contribution in [0.25, 0.3) is 16.7 Å². The van der Waals surface area contributed by atoms with E-state index in [-0.39, 0.29) is 58.4 Å². The zero-order valence-electron chi connectivity index (χ0n) is 18.4. The van der Waals surface area contributed by atoms with Crippen LogP contribution in [0.5, 0.6) is 0 Å². The summed E-state index contributed by atoms with van der Waals surface area (Å²) >= 11 is 0. The molecule has 1 fully saturated rings. The molecule has 32 heavy (non-hydrogen) atoms. The number of rotatable bonds is 2. The third kappa shape index (κ3) is 5.97. The Morgan fingerprint density at radius 1 is 1.00 bits per heavy atom. The van der Waals surface area contributed by atoms with Gasteiger partial charge in [0.25, 0.3) is 0 Å². The summed E-state index contributed by atoms with van der Waals surface area (Å²) in [4.78, 5) is 32.0. The van der Waals surface area contributed by atoms with Gasteiger partial charge in [0.05, 0.1) is 17.4 Å². The van der Waals surface area contributed by atoms with Gasteiger partial charge < -0.3 is 31.3 Å². The summed E-state index contributed by atoms with van der Waals surface area (Å²) in [6.45, 7) is 8.55. The maximum atomic E-state index is 12.9. The standard InChI is InChI=1S/C20H25N5O2.2ClH.3H2O/c1-19(2)10-14(11-20(3,4)23-19)25-16-9-13(24-8-7-21-12-24)5-6-15(16)22-17(26)18(25)27;;;;;/h5-9,12,14,23H,10-11H2,1-4H3,(H,22,26);2*1H;3*1H2. The molecule has 2 aromatic heterocycles. The Kier molecular flexibility index (Phi) is 11.1. The van der Waals surface area contributed by atoms with Crippen LogP contribution in [0, 0.1) is 0 Å². The van der Waals surface area contributed by atoms with E-state index in [1.807, 2.05) is 29.0 Å². The van der Waals surface area contributed by atoms with Crippen molar-refractivity contribution in [2.75, 3.05) is 0 Å². The number of imidazole rings is 1. The highest BCUT2D eigenvalue weighted by molar-refractivity contribution is 5.85. The Morgan fingerprint density at radius 3 is 2.12 bits per heavy atom. The van der Waals surface area contributed by atoms with E-state index in [2.05, 4.69) is 43.0 Å². The molecule has 4 rings (SSSR count). The fourth-order valence-corrected chi connectivity index (χ4v) is 4.61. The summed E-state index contributed by atoms with van der Waals surface area (Å²) in [5.74, 6) is 0. The lowest BCUT2D eigenvalue weighted by molar-refractivity contribution is 0.132. The van der Waals surface area contributed by atoms with Crippen LogP contribution in [0.15, 0.2) is 46.5 Å². The van der Waals surface area contributed by atoms with Crippen molar-refractivity contribution in [3.05, 3.63) is 57.6 Å². The number of fused-ring (bicyclic) bond motifs is 1. The largest absolute Gasteiger partial charge is 0.412 e. The summed E-state index contributed by atoms with van der Waals surface area (Å²) in [6, 6.07) is 5.63. The highest BCUT2D eigenvalue weighted by Crippen LogP contribution is 2.36. The molecular weight excluding hydrogens is 461 g/mol. The van der Waals surface area contributed by atoms with Gasteiger partial charge in [0.15, 0.2) is 0 Å². The number of H-pyrrole nitrogens is 1. The Bertz CT molecular complexity index is 1110. The summed E-state index contributed by atoms with van der Waals surface area (Å²) in [6.07, 6.45) is 6.81. The minimum Gasteiger partial charge on any atom is -0.412 e.